The number of anilines is 1. The molecule has 3 heterocycles. The molecule has 1 aliphatic heterocycles. The third-order valence-corrected chi connectivity index (χ3v) is 7.09. The van der Waals surface area contributed by atoms with Crippen LogP contribution in [0.4, 0.5) is 5.69 Å². The van der Waals surface area contributed by atoms with E-state index in [9.17, 15) is 9.59 Å². The van der Waals surface area contributed by atoms with E-state index in [1.807, 2.05) is 89.3 Å². The molecule has 1 amide bonds. The summed E-state index contributed by atoms with van der Waals surface area (Å²) >= 11 is 5.78. The first-order valence-corrected chi connectivity index (χ1v) is 13.1. The maximum atomic E-state index is 12.9. The lowest BCUT2D eigenvalue weighted by Gasteiger charge is -2.29. The summed E-state index contributed by atoms with van der Waals surface area (Å²) in [5.74, 6) is -0.496. The molecule has 39 heavy (non-hydrogen) atoms. The lowest BCUT2D eigenvalue weighted by Crippen LogP contribution is -2.33. The molecule has 9 heteroatoms. The first-order chi connectivity index (χ1) is 18.9. The maximum Gasteiger partial charge on any atom is 0.337 e. The molecule has 2 aromatic carbocycles. The summed E-state index contributed by atoms with van der Waals surface area (Å²) in [5, 5.41) is 6.95. The molecular weight excluding hydrogens is 510 g/mol. The largest absolute Gasteiger partial charge is 0.465 e. The highest BCUT2D eigenvalue weighted by molar-refractivity contribution is 7.80. The van der Waals surface area contributed by atoms with Crippen molar-refractivity contribution in [1.82, 2.24) is 19.8 Å². The average Bonchev–Trinajstić information content (AvgIpc) is 3.57. The van der Waals surface area contributed by atoms with Gasteiger partial charge >= 0.3 is 5.97 Å². The zero-order chi connectivity index (χ0) is 27.4. The number of esters is 1. The van der Waals surface area contributed by atoms with Crippen molar-refractivity contribution in [3.05, 3.63) is 114 Å². The van der Waals surface area contributed by atoms with Crippen LogP contribution in [0.5, 0.6) is 0 Å². The molecule has 2 aromatic heterocycles. The van der Waals surface area contributed by atoms with Crippen LogP contribution in [0.25, 0.3) is 5.69 Å². The second-order valence-electron chi connectivity index (χ2n) is 9.33. The van der Waals surface area contributed by atoms with Crippen LogP contribution >= 0.6 is 12.2 Å². The van der Waals surface area contributed by atoms with Crippen LogP contribution in [-0.2, 0) is 9.53 Å². The number of aryl methyl sites for hydroxylation is 1. The van der Waals surface area contributed by atoms with Gasteiger partial charge in [0, 0.05) is 42.4 Å². The number of pyridine rings is 1. The van der Waals surface area contributed by atoms with E-state index < -0.39 is 5.97 Å². The van der Waals surface area contributed by atoms with Crippen LogP contribution in [0.1, 0.15) is 45.8 Å². The summed E-state index contributed by atoms with van der Waals surface area (Å²) in [6.07, 6.45) is 3.96. The predicted octanol–water partition coefficient (Wildman–Crippen LogP) is 4.97. The third kappa shape index (κ3) is 5.68. The molecular formula is C30H29N5O3S. The van der Waals surface area contributed by atoms with Gasteiger partial charge in [0.25, 0.3) is 0 Å². The van der Waals surface area contributed by atoms with Crippen molar-refractivity contribution in [3.8, 4) is 5.69 Å². The van der Waals surface area contributed by atoms with Crippen molar-refractivity contribution in [1.29, 1.82) is 0 Å². The second-order valence-corrected chi connectivity index (χ2v) is 9.72. The van der Waals surface area contributed by atoms with E-state index in [1.54, 1.807) is 18.3 Å². The van der Waals surface area contributed by atoms with E-state index in [-0.39, 0.29) is 24.4 Å². The predicted molar refractivity (Wildman–Crippen MR) is 154 cm³/mol. The van der Waals surface area contributed by atoms with Crippen molar-refractivity contribution in [2.45, 2.75) is 25.4 Å². The summed E-state index contributed by atoms with van der Waals surface area (Å²) in [7, 11) is 1.37. The number of nitrogens with one attached hydrogen (secondary N) is 2. The number of hydrogen-bond donors (Lipinski definition) is 2. The monoisotopic (exact) mass is 539 g/mol. The number of rotatable bonds is 8. The Kier molecular flexibility index (Phi) is 7.69. The topological polar surface area (TPSA) is 88.5 Å². The molecule has 1 saturated heterocycles. The SMILES string of the molecule is COC(=O)c1cccc(-n2cccc2[C@H]2[C@@H](c3ccccn3)NC(=S)N2CCC(=O)Nc2ccc(C)cc2)c1. The maximum absolute atomic E-state index is 12.9. The lowest BCUT2D eigenvalue weighted by molar-refractivity contribution is -0.116. The van der Waals surface area contributed by atoms with Crippen LogP contribution in [0, 0.1) is 6.92 Å². The summed E-state index contributed by atoms with van der Waals surface area (Å²) in [6.45, 7) is 2.41. The van der Waals surface area contributed by atoms with Gasteiger partial charge in [-0.3, -0.25) is 9.78 Å². The van der Waals surface area contributed by atoms with Gasteiger partial charge in [-0.05, 0) is 73.7 Å². The number of thiocarbonyl (C=S) groups is 1. The van der Waals surface area contributed by atoms with Crippen molar-refractivity contribution in [2.24, 2.45) is 0 Å². The van der Waals surface area contributed by atoms with Gasteiger partial charge < -0.3 is 24.8 Å². The number of benzene rings is 2. The minimum absolute atomic E-state index is 0.0946. The van der Waals surface area contributed by atoms with Gasteiger partial charge in [0.05, 0.1) is 30.5 Å². The van der Waals surface area contributed by atoms with E-state index in [1.165, 1.54) is 7.11 Å². The van der Waals surface area contributed by atoms with Crippen LogP contribution in [0.15, 0.2) is 91.3 Å². The summed E-state index contributed by atoms with van der Waals surface area (Å²) < 4.78 is 6.95. The summed E-state index contributed by atoms with van der Waals surface area (Å²) in [6, 6.07) is 24.3. The number of aromatic nitrogens is 2. The Labute approximate surface area is 232 Å². The molecule has 8 nitrogen and oxygen atoms in total. The van der Waals surface area contributed by atoms with Gasteiger partial charge in [0.2, 0.25) is 5.91 Å². The van der Waals surface area contributed by atoms with Crippen molar-refractivity contribution >= 4 is 34.9 Å². The number of nitrogens with zero attached hydrogens (tertiary/aromatic N) is 3. The van der Waals surface area contributed by atoms with E-state index in [4.69, 9.17) is 17.0 Å². The van der Waals surface area contributed by atoms with E-state index in [0.29, 0.717) is 17.2 Å². The minimum Gasteiger partial charge on any atom is -0.465 e. The summed E-state index contributed by atoms with van der Waals surface area (Å²) in [5.41, 5.74) is 4.94. The molecule has 2 N–H and O–H groups in total. The number of ether oxygens (including phenoxy) is 1. The molecule has 4 aromatic rings. The summed E-state index contributed by atoms with van der Waals surface area (Å²) in [4.78, 5) is 31.7. The van der Waals surface area contributed by atoms with Gasteiger partial charge in [0.15, 0.2) is 5.11 Å². The van der Waals surface area contributed by atoms with Crippen LogP contribution < -0.4 is 10.6 Å². The quantitative estimate of drug-likeness (QED) is 0.241. The fourth-order valence-corrected chi connectivity index (χ4v) is 5.15. The Morgan fingerprint density at radius 2 is 1.87 bits per heavy atom. The highest BCUT2D eigenvalue weighted by Crippen LogP contribution is 2.39. The standard InChI is InChI=1S/C30H29N5O3S/c1-20-11-13-22(14-12-20)32-26(36)15-18-35-28(27(33-30(35)39)24-9-3-4-16-31-24)25-10-6-17-34(25)23-8-5-7-21(19-23)29(37)38-2/h3-14,16-17,19,27-28H,15,18H2,1-2H3,(H,32,36)(H,33,39)/t27-,28+/m1/s1. The van der Waals surface area contributed by atoms with Gasteiger partial charge in [-0.1, -0.05) is 29.8 Å². The molecule has 0 bridgehead atoms. The van der Waals surface area contributed by atoms with Crippen molar-refractivity contribution in [3.63, 3.8) is 0 Å². The minimum atomic E-state index is -0.401. The van der Waals surface area contributed by atoms with Gasteiger partial charge in [-0.25, -0.2) is 4.79 Å². The van der Waals surface area contributed by atoms with E-state index in [2.05, 4.69) is 15.6 Å². The lowest BCUT2D eigenvalue weighted by atomic mass is 10.0. The van der Waals surface area contributed by atoms with Crippen molar-refractivity contribution in [2.75, 3.05) is 19.0 Å². The molecule has 0 unspecified atom stereocenters. The number of carbonyl (C=O) groups is 2. The van der Waals surface area contributed by atoms with Crippen LogP contribution in [-0.4, -0.2) is 45.1 Å². The smallest absolute Gasteiger partial charge is 0.337 e. The highest BCUT2D eigenvalue weighted by atomic mass is 32.1. The first-order valence-electron chi connectivity index (χ1n) is 12.6. The van der Waals surface area contributed by atoms with Crippen LogP contribution in [0.2, 0.25) is 0 Å². The second kappa shape index (κ2) is 11.5. The Balaban J connectivity index is 1.45. The zero-order valence-electron chi connectivity index (χ0n) is 21.7. The highest BCUT2D eigenvalue weighted by Gasteiger charge is 2.41. The van der Waals surface area contributed by atoms with Gasteiger partial charge in [0.1, 0.15) is 0 Å². The molecule has 0 aliphatic carbocycles. The number of amides is 1. The van der Waals surface area contributed by atoms with Gasteiger partial charge in [-0.2, -0.15) is 0 Å². The molecule has 0 saturated carbocycles. The number of methoxy groups -OCH3 is 1. The number of hydrogen-bond acceptors (Lipinski definition) is 5. The molecule has 5 rings (SSSR count). The first kappa shape index (κ1) is 26.1. The molecule has 198 valence electrons. The number of carbonyl (C=O) groups excluding carboxylic acids is 2. The fourth-order valence-electron chi connectivity index (χ4n) is 4.82. The molecule has 0 spiro atoms. The van der Waals surface area contributed by atoms with E-state index in [0.717, 1.165) is 28.3 Å². The molecule has 2 atom stereocenters. The van der Waals surface area contributed by atoms with Crippen LogP contribution in [0.3, 0.4) is 0 Å². The Bertz CT molecular complexity index is 1490. The fraction of sp³-hybridized carbons (Fsp3) is 0.200. The van der Waals surface area contributed by atoms with E-state index >= 15 is 0 Å². The average molecular weight is 540 g/mol. The Morgan fingerprint density at radius 1 is 1.05 bits per heavy atom. The third-order valence-electron chi connectivity index (χ3n) is 6.74. The van der Waals surface area contributed by atoms with Crippen molar-refractivity contribution < 1.29 is 14.3 Å². The molecule has 1 aliphatic rings. The van der Waals surface area contributed by atoms with Gasteiger partial charge in [-0.15, -0.1) is 0 Å². The zero-order valence-corrected chi connectivity index (χ0v) is 22.5. The molecule has 0 radical (unpaired) electrons. The normalized spacial score (nSPS) is 16.6. The Hall–Kier alpha value is -4.50. The molecule has 1 fully saturated rings. The Morgan fingerprint density at radius 3 is 2.62 bits per heavy atom.